The Kier molecular flexibility index (Phi) is 7.37. The van der Waals surface area contributed by atoms with Gasteiger partial charge >= 0.3 is 0 Å². The zero-order valence-corrected chi connectivity index (χ0v) is 20.6. The van der Waals surface area contributed by atoms with E-state index in [0.717, 1.165) is 33.5 Å². The SMILES string of the molecule is C=C(C)CN(CC)C(=O)CSc1nnc(-c2c[nH]c3ccccc23)n1-c1ccc(OCC)cc1. The van der Waals surface area contributed by atoms with E-state index in [1.54, 1.807) is 4.90 Å². The first kappa shape index (κ1) is 23.6. The number of fused-ring (bicyclic) bond motifs is 1. The van der Waals surface area contributed by atoms with Crippen molar-refractivity contribution in [3.8, 4) is 22.8 Å². The highest BCUT2D eigenvalue weighted by Gasteiger charge is 2.21. The van der Waals surface area contributed by atoms with Crippen LogP contribution in [0.25, 0.3) is 28.0 Å². The van der Waals surface area contributed by atoms with Crippen molar-refractivity contribution in [1.82, 2.24) is 24.6 Å². The predicted molar refractivity (Wildman–Crippen MR) is 138 cm³/mol. The maximum atomic E-state index is 12.8. The Balaban J connectivity index is 1.71. The molecule has 1 amide bonds. The molecule has 4 rings (SSSR count). The average molecular weight is 476 g/mol. The van der Waals surface area contributed by atoms with Gasteiger partial charge in [0.25, 0.3) is 0 Å². The summed E-state index contributed by atoms with van der Waals surface area (Å²) in [6.07, 6.45) is 1.95. The maximum Gasteiger partial charge on any atom is 0.233 e. The number of hydrogen-bond donors (Lipinski definition) is 1. The summed E-state index contributed by atoms with van der Waals surface area (Å²) in [6, 6.07) is 15.9. The van der Waals surface area contributed by atoms with Crippen molar-refractivity contribution in [3.63, 3.8) is 0 Å². The third kappa shape index (κ3) is 5.02. The maximum absolute atomic E-state index is 12.8. The Morgan fingerprint density at radius 1 is 1.15 bits per heavy atom. The van der Waals surface area contributed by atoms with Crippen LogP contribution in [-0.4, -0.2) is 56.0 Å². The van der Waals surface area contributed by atoms with Gasteiger partial charge < -0.3 is 14.6 Å². The number of carbonyl (C=O) groups excluding carboxylic acids is 1. The third-order valence-electron chi connectivity index (χ3n) is 5.39. The molecule has 0 atom stereocenters. The number of benzene rings is 2. The minimum absolute atomic E-state index is 0.0467. The molecule has 7 nitrogen and oxygen atoms in total. The van der Waals surface area contributed by atoms with Crippen molar-refractivity contribution in [2.24, 2.45) is 0 Å². The van der Waals surface area contributed by atoms with Crippen LogP contribution in [-0.2, 0) is 4.79 Å². The van der Waals surface area contributed by atoms with E-state index in [1.807, 2.05) is 74.0 Å². The summed E-state index contributed by atoms with van der Waals surface area (Å²) in [7, 11) is 0. The third-order valence-corrected chi connectivity index (χ3v) is 6.30. The highest BCUT2D eigenvalue weighted by Crippen LogP contribution is 2.33. The standard InChI is InChI=1S/C26H29N5O2S/c1-5-30(16-18(3)4)24(32)17-34-26-29-28-25(22-15-27-23-10-8-7-9-21(22)23)31(26)19-11-13-20(14-12-19)33-6-2/h7-15,27H,3,5-6,16-17H2,1-2,4H3. The van der Waals surface area contributed by atoms with Crippen molar-refractivity contribution in [2.75, 3.05) is 25.4 Å². The van der Waals surface area contributed by atoms with Crippen molar-refractivity contribution in [3.05, 3.63) is 66.9 Å². The molecule has 0 bridgehead atoms. The molecule has 1 N–H and O–H groups in total. The van der Waals surface area contributed by atoms with Gasteiger partial charge in [0.1, 0.15) is 5.75 Å². The van der Waals surface area contributed by atoms with Crippen LogP contribution < -0.4 is 4.74 Å². The number of aromatic amines is 1. The second kappa shape index (κ2) is 10.6. The second-order valence-electron chi connectivity index (χ2n) is 7.97. The van der Waals surface area contributed by atoms with Crippen LogP contribution in [0.4, 0.5) is 0 Å². The van der Waals surface area contributed by atoms with E-state index < -0.39 is 0 Å². The van der Waals surface area contributed by atoms with E-state index in [0.29, 0.717) is 30.7 Å². The second-order valence-corrected chi connectivity index (χ2v) is 8.91. The van der Waals surface area contributed by atoms with Gasteiger partial charge in [-0.3, -0.25) is 9.36 Å². The molecule has 0 unspecified atom stereocenters. The number of para-hydroxylation sites is 1. The Hall–Kier alpha value is -3.52. The molecule has 0 spiro atoms. The zero-order chi connectivity index (χ0) is 24.1. The zero-order valence-electron chi connectivity index (χ0n) is 19.7. The van der Waals surface area contributed by atoms with Crippen LogP contribution in [0.15, 0.2) is 72.0 Å². The molecule has 4 aromatic rings. The quantitative estimate of drug-likeness (QED) is 0.248. The van der Waals surface area contributed by atoms with Crippen molar-refractivity contribution < 1.29 is 9.53 Å². The molecule has 0 aliphatic heterocycles. The lowest BCUT2D eigenvalue weighted by Crippen LogP contribution is -2.33. The molecule has 34 heavy (non-hydrogen) atoms. The summed E-state index contributed by atoms with van der Waals surface area (Å²) < 4.78 is 7.61. The Labute approximate surface area is 203 Å². The predicted octanol–water partition coefficient (Wildman–Crippen LogP) is 5.33. The number of amides is 1. The fourth-order valence-electron chi connectivity index (χ4n) is 3.80. The Morgan fingerprint density at radius 3 is 2.62 bits per heavy atom. The number of ether oxygens (including phenoxy) is 1. The van der Waals surface area contributed by atoms with Gasteiger partial charge in [0, 0.05) is 41.4 Å². The summed E-state index contributed by atoms with van der Waals surface area (Å²) >= 11 is 1.39. The first-order valence-corrected chi connectivity index (χ1v) is 12.3. The fourth-order valence-corrected chi connectivity index (χ4v) is 4.66. The summed E-state index contributed by atoms with van der Waals surface area (Å²) in [6.45, 7) is 11.6. The van der Waals surface area contributed by atoms with Crippen LogP contribution in [0.2, 0.25) is 0 Å². The molecule has 0 aliphatic rings. The minimum Gasteiger partial charge on any atom is -0.494 e. The van der Waals surface area contributed by atoms with E-state index >= 15 is 0 Å². The molecular formula is C26H29N5O2S. The van der Waals surface area contributed by atoms with E-state index in [4.69, 9.17) is 4.74 Å². The number of nitrogens with zero attached hydrogens (tertiary/aromatic N) is 4. The molecular weight excluding hydrogens is 446 g/mol. The Morgan fingerprint density at radius 2 is 1.91 bits per heavy atom. The summed E-state index contributed by atoms with van der Waals surface area (Å²) in [5.74, 6) is 1.83. The normalized spacial score (nSPS) is 11.0. The molecule has 8 heteroatoms. The number of likely N-dealkylation sites (N-methyl/N-ethyl adjacent to an activating group) is 1. The van der Waals surface area contributed by atoms with Crippen LogP contribution in [0.1, 0.15) is 20.8 Å². The van der Waals surface area contributed by atoms with E-state index in [1.165, 1.54) is 11.8 Å². The number of carbonyl (C=O) groups is 1. The summed E-state index contributed by atoms with van der Waals surface area (Å²) in [5, 5.41) is 10.7. The smallest absolute Gasteiger partial charge is 0.233 e. The van der Waals surface area contributed by atoms with Crippen molar-refractivity contribution in [1.29, 1.82) is 0 Å². The first-order valence-electron chi connectivity index (χ1n) is 11.3. The van der Waals surface area contributed by atoms with Gasteiger partial charge in [0.15, 0.2) is 11.0 Å². The highest BCUT2D eigenvalue weighted by atomic mass is 32.2. The van der Waals surface area contributed by atoms with Gasteiger partial charge in [-0.25, -0.2) is 0 Å². The highest BCUT2D eigenvalue weighted by molar-refractivity contribution is 7.99. The number of rotatable bonds is 10. The van der Waals surface area contributed by atoms with Crippen LogP contribution in [0.3, 0.4) is 0 Å². The number of aromatic nitrogens is 4. The topological polar surface area (TPSA) is 76.0 Å². The van der Waals surface area contributed by atoms with Crippen molar-refractivity contribution in [2.45, 2.75) is 25.9 Å². The lowest BCUT2D eigenvalue weighted by molar-refractivity contribution is -0.127. The average Bonchev–Trinajstić information content (AvgIpc) is 3.45. The molecule has 0 saturated carbocycles. The molecule has 0 aliphatic carbocycles. The van der Waals surface area contributed by atoms with Gasteiger partial charge in [-0.05, 0) is 51.1 Å². The van der Waals surface area contributed by atoms with E-state index in [-0.39, 0.29) is 11.7 Å². The minimum atomic E-state index is 0.0467. The molecule has 176 valence electrons. The van der Waals surface area contributed by atoms with Crippen LogP contribution in [0, 0.1) is 0 Å². The molecule has 2 aromatic carbocycles. The van der Waals surface area contributed by atoms with Gasteiger partial charge in [-0.2, -0.15) is 0 Å². The van der Waals surface area contributed by atoms with Crippen LogP contribution in [0.5, 0.6) is 5.75 Å². The van der Waals surface area contributed by atoms with Gasteiger partial charge in [-0.15, -0.1) is 10.2 Å². The monoisotopic (exact) mass is 475 g/mol. The number of thioether (sulfide) groups is 1. The first-order chi connectivity index (χ1) is 16.5. The summed E-state index contributed by atoms with van der Waals surface area (Å²) in [5.41, 5.74) is 3.84. The lowest BCUT2D eigenvalue weighted by atomic mass is 10.1. The van der Waals surface area contributed by atoms with Crippen LogP contribution >= 0.6 is 11.8 Å². The molecule has 0 radical (unpaired) electrons. The lowest BCUT2D eigenvalue weighted by Gasteiger charge is -2.20. The number of nitrogens with one attached hydrogen (secondary N) is 1. The number of hydrogen-bond acceptors (Lipinski definition) is 5. The Bertz CT molecular complexity index is 1290. The van der Waals surface area contributed by atoms with Crippen molar-refractivity contribution >= 4 is 28.6 Å². The molecule has 2 aromatic heterocycles. The van der Waals surface area contributed by atoms with Gasteiger partial charge in [0.2, 0.25) is 5.91 Å². The molecule has 0 saturated heterocycles. The fraction of sp³-hybridized carbons (Fsp3) is 0.269. The number of H-pyrrole nitrogens is 1. The summed E-state index contributed by atoms with van der Waals surface area (Å²) in [4.78, 5) is 18.0. The van der Waals surface area contributed by atoms with Gasteiger partial charge in [0.05, 0.1) is 12.4 Å². The molecule has 2 heterocycles. The van der Waals surface area contributed by atoms with E-state index in [2.05, 4.69) is 27.8 Å². The molecule has 0 fully saturated rings. The van der Waals surface area contributed by atoms with E-state index in [9.17, 15) is 4.79 Å². The largest absolute Gasteiger partial charge is 0.494 e. The van der Waals surface area contributed by atoms with Gasteiger partial charge in [-0.1, -0.05) is 42.1 Å².